The van der Waals surface area contributed by atoms with Crippen molar-refractivity contribution in [3.8, 4) is 5.88 Å². The standard InChI is InChI=1S/C18H23N5O3S/c1-10-9-23-17(26-10)15(8-20-23)27(19,25)22-18(24)21-16-13-4-2-3-11(13)7-12-5-6-14(12)16/h7-8,10,27H,2-6,9H2,1H3,(H4,19,21,22,24,25)/t10-/m0/s1. The number of aryl methyl sites for hydroxylation is 2. The van der Waals surface area contributed by atoms with Gasteiger partial charge in [-0.25, -0.2) is 13.7 Å². The molecule has 1 aliphatic heterocycles. The molecule has 144 valence electrons. The molecule has 0 radical (unpaired) electrons. The molecular weight excluding hydrogens is 366 g/mol. The molecule has 27 heavy (non-hydrogen) atoms. The zero-order valence-corrected chi connectivity index (χ0v) is 16.0. The fourth-order valence-corrected chi connectivity index (χ4v) is 5.42. The highest BCUT2D eigenvalue weighted by Gasteiger charge is 2.31. The van der Waals surface area contributed by atoms with Gasteiger partial charge in [0.2, 0.25) is 5.88 Å². The van der Waals surface area contributed by atoms with Crippen molar-refractivity contribution in [1.29, 1.82) is 0 Å². The van der Waals surface area contributed by atoms with E-state index >= 15 is 0 Å². The molecule has 0 fully saturated rings. The molecule has 2 amide bonds. The van der Waals surface area contributed by atoms with Crippen molar-refractivity contribution in [2.75, 3.05) is 5.32 Å². The van der Waals surface area contributed by atoms with Gasteiger partial charge in [0.1, 0.15) is 11.0 Å². The van der Waals surface area contributed by atoms with Crippen molar-refractivity contribution >= 4 is 22.0 Å². The maximum Gasteiger partial charge on any atom is 0.330 e. The van der Waals surface area contributed by atoms with Crippen LogP contribution in [0.15, 0.2) is 17.2 Å². The van der Waals surface area contributed by atoms with E-state index in [1.165, 1.54) is 28.5 Å². The van der Waals surface area contributed by atoms with Gasteiger partial charge in [-0.05, 0) is 61.3 Å². The molecule has 4 N–H and O–H groups in total. The van der Waals surface area contributed by atoms with Crippen LogP contribution in [0.2, 0.25) is 0 Å². The average molecular weight is 389 g/mol. The molecular formula is C18H23N5O3S. The molecule has 0 bridgehead atoms. The van der Waals surface area contributed by atoms with Gasteiger partial charge in [0.15, 0.2) is 0 Å². The van der Waals surface area contributed by atoms with Gasteiger partial charge in [-0.1, -0.05) is 6.07 Å². The average Bonchev–Trinajstić information content (AvgIpc) is 3.24. The molecule has 1 aromatic heterocycles. The number of hydrogen-bond donors (Lipinski definition) is 4. The van der Waals surface area contributed by atoms with Gasteiger partial charge in [-0.2, -0.15) is 5.10 Å². The molecule has 3 aliphatic rings. The molecule has 2 aliphatic carbocycles. The van der Waals surface area contributed by atoms with E-state index in [0.717, 1.165) is 37.8 Å². The van der Waals surface area contributed by atoms with Gasteiger partial charge in [0, 0.05) is 16.0 Å². The zero-order valence-electron chi connectivity index (χ0n) is 15.1. The minimum atomic E-state index is -3.66. The van der Waals surface area contributed by atoms with Crippen LogP contribution in [0.5, 0.6) is 5.88 Å². The monoisotopic (exact) mass is 389 g/mol. The lowest BCUT2D eigenvalue weighted by atomic mass is 9.83. The lowest BCUT2D eigenvalue weighted by Crippen LogP contribution is -2.45. The number of anilines is 1. The number of nitrogens with zero attached hydrogens (tertiary/aromatic N) is 2. The number of amides is 2. The number of urea groups is 1. The van der Waals surface area contributed by atoms with Crippen LogP contribution in [0.25, 0.3) is 0 Å². The van der Waals surface area contributed by atoms with Gasteiger partial charge in [0.05, 0.1) is 12.7 Å². The molecule has 8 nitrogen and oxygen atoms in total. The Balaban J connectivity index is 1.39. The van der Waals surface area contributed by atoms with E-state index in [1.54, 1.807) is 4.68 Å². The van der Waals surface area contributed by atoms with Crippen molar-refractivity contribution in [2.45, 2.75) is 56.6 Å². The first-order chi connectivity index (χ1) is 12.9. The first-order valence-corrected chi connectivity index (χ1v) is 11.1. The Labute approximate surface area is 158 Å². The van der Waals surface area contributed by atoms with Gasteiger partial charge in [0.25, 0.3) is 0 Å². The Morgan fingerprint density at radius 3 is 2.85 bits per heavy atom. The number of ether oxygens (including phenoxy) is 1. The summed E-state index contributed by atoms with van der Waals surface area (Å²) in [6.07, 6.45) is 6.46. The third-order valence-electron chi connectivity index (χ3n) is 5.62. The first-order valence-electron chi connectivity index (χ1n) is 9.30. The lowest BCUT2D eigenvalue weighted by Gasteiger charge is -2.27. The molecule has 2 heterocycles. The largest absolute Gasteiger partial charge is 0.472 e. The number of thiol groups is 1. The highest BCUT2D eigenvalue weighted by atomic mass is 32.3. The number of rotatable bonds is 3. The van der Waals surface area contributed by atoms with Crippen LogP contribution in [-0.2, 0) is 42.5 Å². The number of carbonyl (C=O) groups excluding carboxylic acids is 1. The van der Waals surface area contributed by atoms with E-state index in [2.05, 4.69) is 21.2 Å². The number of fused-ring (bicyclic) bond motifs is 3. The SMILES string of the molecule is C[C@H]1Cn2ncc([SH](N)(=O)NC(=O)Nc3c4c(cc5c3CC5)CCC4)c2O1. The summed E-state index contributed by atoms with van der Waals surface area (Å²) in [5.74, 6) is 0.373. The normalized spacial score (nSPS) is 20.1. The third kappa shape index (κ3) is 2.64. The smallest absolute Gasteiger partial charge is 0.330 e. The fraction of sp³-hybridized carbons (Fsp3) is 0.444. The first kappa shape index (κ1) is 16.8. The molecule has 0 unspecified atom stereocenters. The zero-order chi connectivity index (χ0) is 18.8. The predicted molar refractivity (Wildman–Crippen MR) is 102 cm³/mol. The summed E-state index contributed by atoms with van der Waals surface area (Å²) < 4.78 is 22.7. The van der Waals surface area contributed by atoms with Crippen LogP contribution in [0.3, 0.4) is 0 Å². The van der Waals surface area contributed by atoms with Gasteiger partial charge in [-0.3, -0.25) is 9.86 Å². The highest BCUT2D eigenvalue weighted by Crippen LogP contribution is 2.39. The maximum absolute atomic E-state index is 13.0. The summed E-state index contributed by atoms with van der Waals surface area (Å²) in [5, 5.41) is 13.1. The van der Waals surface area contributed by atoms with Crippen LogP contribution < -0.4 is 19.9 Å². The molecule has 2 aromatic rings. The molecule has 1 atom stereocenters. The predicted octanol–water partition coefficient (Wildman–Crippen LogP) is 1.24. The van der Waals surface area contributed by atoms with E-state index in [0.29, 0.717) is 12.4 Å². The molecule has 0 saturated carbocycles. The summed E-state index contributed by atoms with van der Waals surface area (Å²) in [7, 11) is -3.66. The van der Waals surface area contributed by atoms with E-state index in [4.69, 9.17) is 9.88 Å². The number of aromatic nitrogens is 2. The van der Waals surface area contributed by atoms with Crippen LogP contribution >= 0.6 is 0 Å². The quantitative estimate of drug-likeness (QED) is 0.592. The van der Waals surface area contributed by atoms with E-state index in [9.17, 15) is 9.00 Å². The van der Waals surface area contributed by atoms with Crippen molar-refractivity contribution in [2.24, 2.45) is 5.14 Å². The summed E-state index contributed by atoms with van der Waals surface area (Å²) >= 11 is 0. The van der Waals surface area contributed by atoms with Crippen molar-refractivity contribution in [3.05, 3.63) is 34.5 Å². The molecule has 0 spiro atoms. The van der Waals surface area contributed by atoms with Gasteiger partial charge < -0.3 is 10.1 Å². The van der Waals surface area contributed by atoms with Crippen molar-refractivity contribution in [3.63, 3.8) is 0 Å². The fourth-order valence-electron chi connectivity index (χ4n) is 4.26. The van der Waals surface area contributed by atoms with E-state index in [1.807, 2.05) is 6.92 Å². The topological polar surface area (TPSA) is 111 Å². The second kappa shape index (κ2) is 5.80. The Morgan fingerprint density at radius 1 is 1.30 bits per heavy atom. The minimum absolute atomic E-state index is 0.0629. The number of hydrogen-bond acceptors (Lipinski definition) is 4. The number of carbonyl (C=O) groups is 1. The Bertz CT molecular complexity index is 1010. The number of nitrogens with one attached hydrogen (secondary N) is 2. The lowest BCUT2D eigenvalue weighted by molar-refractivity contribution is 0.248. The number of benzene rings is 1. The second-order valence-corrected chi connectivity index (χ2v) is 9.57. The van der Waals surface area contributed by atoms with Crippen LogP contribution in [0.1, 0.15) is 35.6 Å². The van der Waals surface area contributed by atoms with Crippen molar-refractivity contribution < 1.29 is 13.7 Å². The molecule has 9 heteroatoms. The van der Waals surface area contributed by atoms with E-state index < -0.39 is 16.3 Å². The third-order valence-corrected chi connectivity index (χ3v) is 7.18. The molecule has 5 rings (SSSR count). The Hall–Kier alpha value is -2.39. The molecule has 1 aromatic carbocycles. The van der Waals surface area contributed by atoms with Gasteiger partial charge in [-0.15, -0.1) is 0 Å². The minimum Gasteiger partial charge on any atom is -0.472 e. The molecule has 0 saturated heterocycles. The maximum atomic E-state index is 13.0. The Morgan fingerprint density at radius 2 is 2.07 bits per heavy atom. The second-order valence-electron chi connectivity index (χ2n) is 7.55. The van der Waals surface area contributed by atoms with Crippen LogP contribution in [0.4, 0.5) is 10.5 Å². The highest BCUT2D eigenvalue weighted by molar-refractivity contribution is 7.99. The summed E-state index contributed by atoms with van der Waals surface area (Å²) in [6.45, 7) is 2.47. The van der Waals surface area contributed by atoms with Crippen molar-refractivity contribution in [1.82, 2.24) is 14.5 Å². The summed E-state index contributed by atoms with van der Waals surface area (Å²) in [6, 6.07) is 1.72. The Kier molecular flexibility index (Phi) is 3.60. The van der Waals surface area contributed by atoms with Crippen LogP contribution in [0, 0.1) is 0 Å². The summed E-state index contributed by atoms with van der Waals surface area (Å²) in [5.41, 5.74) is 5.91. The van der Waals surface area contributed by atoms with Crippen LogP contribution in [-0.4, -0.2) is 26.1 Å². The summed E-state index contributed by atoms with van der Waals surface area (Å²) in [4.78, 5) is 12.9. The number of nitrogens with two attached hydrogens (primary N) is 1. The van der Waals surface area contributed by atoms with Gasteiger partial charge >= 0.3 is 6.03 Å². The van der Waals surface area contributed by atoms with E-state index in [-0.39, 0.29) is 11.0 Å².